The molecule has 0 bridgehead atoms. The van der Waals surface area contributed by atoms with Crippen molar-refractivity contribution < 1.29 is 26.3 Å². The summed E-state index contributed by atoms with van der Waals surface area (Å²) in [5.74, 6) is 0.524. The summed E-state index contributed by atoms with van der Waals surface area (Å²) in [6.45, 7) is 3.54. The van der Waals surface area contributed by atoms with E-state index in [9.17, 15) is 21.6 Å². The lowest BCUT2D eigenvalue weighted by Crippen LogP contribution is -2.51. The van der Waals surface area contributed by atoms with Gasteiger partial charge in [-0.15, -0.1) is 0 Å². The molecular weight excluding hydrogens is 361 g/mol. The van der Waals surface area contributed by atoms with Crippen LogP contribution >= 0.6 is 0 Å². The van der Waals surface area contributed by atoms with Gasteiger partial charge in [-0.05, 0) is 19.3 Å². The Balaban J connectivity index is 2.35. The third-order valence-corrected chi connectivity index (χ3v) is 5.46. The number of sulfonamides is 1. The van der Waals surface area contributed by atoms with Crippen LogP contribution in [0.2, 0.25) is 0 Å². The van der Waals surface area contributed by atoms with E-state index in [1.54, 1.807) is 7.05 Å². The number of alkyl halides is 3. The van der Waals surface area contributed by atoms with E-state index in [1.165, 1.54) is 0 Å². The second kappa shape index (κ2) is 10.2. The normalized spacial score (nSPS) is 18.4. The topological polar surface area (TPSA) is 83.0 Å². The van der Waals surface area contributed by atoms with Crippen LogP contribution in [-0.2, 0) is 14.8 Å². The highest BCUT2D eigenvalue weighted by Crippen LogP contribution is 2.28. The lowest BCUT2D eigenvalue weighted by Gasteiger charge is -2.32. The highest BCUT2D eigenvalue weighted by atomic mass is 32.2. The number of ether oxygens (including phenoxy) is 1. The molecule has 25 heavy (non-hydrogen) atoms. The number of rotatable bonds is 8. The summed E-state index contributed by atoms with van der Waals surface area (Å²) in [4.78, 5) is 4.05. The summed E-state index contributed by atoms with van der Waals surface area (Å²) in [5.41, 5.74) is -5.25. The predicted octanol–water partition coefficient (Wildman–Crippen LogP) is 1.28. The molecule has 7 nitrogen and oxygen atoms in total. The Labute approximate surface area is 147 Å². The molecule has 0 aliphatic carbocycles. The summed E-state index contributed by atoms with van der Waals surface area (Å²) in [5, 5.41) is 6.16. The van der Waals surface area contributed by atoms with Crippen LogP contribution in [0.15, 0.2) is 4.99 Å². The number of halogens is 3. The average Bonchev–Trinajstić information content (AvgIpc) is 2.56. The van der Waals surface area contributed by atoms with Crippen molar-refractivity contribution in [3.05, 3.63) is 0 Å². The van der Waals surface area contributed by atoms with Crippen LogP contribution in [-0.4, -0.2) is 70.1 Å². The van der Waals surface area contributed by atoms with Gasteiger partial charge in [-0.1, -0.05) is 13.3 Å². The highest BCUT2D eigenvalue weighted by molar-refractivity contribution is 7.90. The zero-order valence-electron chi connectivity index (χ0n) is 14.6. The van der Waals surface area contributed by atoms with E-state index in [1.807, 2.05) is 0 Å². The first kappa shape index (κ1) is 22.0. The molecule has 0 saturated carbocycles. The molecule has 2 N–H and O–H groups in total. The average molecular weight is 388 g/mol. The quantitative estimate of drug-likeness (QED) is 0.372. The van der Waals surface area contributed by atoms with Crippen molar-refractivity contribution in [1.29, 1.82) is 0 Å². The number of hydrogen-bond donors (Lipinski definition) is 2. The minimum atomic E-state index is -5.25. The third kappa shape index (κ3) is 6.98. The van der Waals surface area contributed by atoms with Crippen molar-refractivity contribution in [3.8, 4) is 0 Å². The Kier molecular flexibility index (Phi) is 8.94. The molecule has 1 heterocycles. The summed E-state index contributed by atoms with van der Waals surface area (Å²) in [7, 11) is -3.65. The molecule has 0 aromatic heterocycles. The van der Waals surface area contributed by atoms with E-state index in [0.717, 1.165) is 12.8 Å². The van der Waals surface area contributed by atoms with Gasteiger partial charge in [0.2, 0.25) is 0 Å². The summed E-state index contributed by atoms with van der Waals surface area (Å²) < 4.78 is 66.3. The van der Waals surface area contributed by atoms with Crippen molar-refractivity contribution in [3.63, 3.8) is 0 Å². The Hall–Kier alpha value is -1.07. The third-order valence-electron chi connectivity index (χ3n) is 3.83. The van der Waals surface area contributed by atoms with Gasteiger partial charge in [0.1, 0.15) is 0 Å². The fourth-order valence-electron chi connectivity index (χ4n) is 2.36. The maximum Gasteiger partial charge on any atom is 0.511 e. The zero-order chi connectivity index (χ0) is 18.9. The molecule has 0 spiro atoms. The summed E-state index contributed by atoms with van der Waals surface area (Å²) in [6, 6.07) is -0.133. The van der Waals surface area contributed by atoms with Gasteiger partial charge in [0.15, 0.2) is 5.96 Å². The molecule has 0 aromatic rings. The van der Waals surface area contributed by atoms with Gasteiger partial charge in [-0.2, -0.15) is 17.5 Å². The van der Waals surface area contributed by atoms with E-state index in [2.05, 4.69) is 22.5 Å². The molecule has 1 saturated heterocycles. The fraction of sp³-hybridized carbons (Fsp3) is 0.929. The van der Waals surface area contributed by atoms with Gasteiger partial charge in [0.05, 0.1) is 6.61 Å². The van der Waals surface area contributed by atoms with Gasteiger partial charge >= 0.3 is 15.5 Å². The molecule has 1 rings (SSSR count). The zero-order valence-corrected chi connectivity index (χ0v) is 15.4. The lowest BCUT2D eigenvalue weighted by molar-refractivity contribution is -0.0494. The first-order valence-electron chi connectivity index (χ1n) is 8.33. The van der Waals surface area contributed by atoms with E-state index in [0.29, 0.717) is 30.0 Å². The molecule has 0 amide bonds. The van der Waals surface area contributed by atoms with Gasteiger partial charge in [-0.25, -0.2) is 8.42 Å². The van der Waals surface area contributed by atoms with Gasteiger partial charge in [0, 0.05) is 39.3 Å². The minimum Gasteiger partial charge on any atom is -0.380 e. The van der Waals surface area contributed by atoms with Crippen LogP contribution < -0.4 is 10.6 Å². The van der Waals surface area contributed by atoms with Crippen LogP contribution in [0.25, 0.3) is 0 Å². The standard InChI is InChI=1S/C14H27F3N4O3S/c1-3-4-10-24-11-7-19-13(18-2)20-12-5-8-21(9-6-12)25(22,23)14(15,16)17/h12H,3-11H2,1-2H3,(H2,18,19,20). The van der Waals surface area contributed by atoms with Gasteiger partial charge < -0.3 is 15.4 Å². The number of nitrogens with zero attached hydrogens (tertiary/aromatic N) is 2. The van der Waals surface area contributed by atoms with Crippen LogP contribution in [0, 0.1) is 0 Å². The summed E-state index contributed by atoms with van der Waals surface area (Å²) in [6.07, 6.45) is 2.64. The Morgan fingerprint density at radius 2 is 1.92 bits per heavy atom. The Morgan fingerprint density at radius 3 is 2.44 bits per heavy atom. The molecule has 148 valence electrons. The maximum atomic E-state index is 12.5. The monoisotopic (exact) mass is 388 g/mol. The molecule has 11 heteroatoms. The van der Waals surface area contributed by atoms with Gasteiger partial charge in [0.25, 0.3) is 0 Å². The Morgan fingerprint density at radius 1 is 1.28 bits per heavy atom. The van der Waals surface area contributed by atoms with E-state index in [-0.39, 0.29) is 32.0 Å². The smallest absolute Gasteiger partial charge is 0.380 e. The van der Waals surface area contributed by atoms with Crippen molar-refractivity contribution in [2.75, 3.05) is 39.9 Å². The molecule has 0 atom stereocenters. The van der Waals surface area contributed by atoms with Crippen molar-refractivity contribution in [1.82, 2.24) is 14.9 Å². The van der Waals surface area contributed by atoms with Crippen LogP contribution in [0.1, 0.15) is 32.6 Å². The first-order valence-corrected chi connectivity index (χ1v) is 9.77. The number of guanidine groups is 1. The lowest BCUT2D eigenvalue weighted by atomic mass is 10.1. The van der Waals surface area contributed by atoms with Crippen molar-refractivity contribution >= 4 is 16.0 Å². The van der Waals surface area contributed by atoms with Crippen molar-refractivity contribution in [2.45, 2.75) is 44.2 Å². The van der Waals surface area contributed by atoms with Crippen LogP contribution in [0.4, 0.5) is 13.2 Å². The van der Waals surface area contributed by atoms with Crippen LogP contribution in [0.5, 0.6) is 0 Å². The molecule has 0 unspecified atom stereocenters. The second-order valence-corrected chi connectivity index (χ2v) is 7.66. The number of piperidine rings is 1. The number of hydrogen-bond acceptors (Lipinski definition) is 4. The Bertz CT molecular complexity index is 518. The number of unbranched alkanes of at least 4 members (excludes halogenated alkanes) is 1. The maximum absolute atomic E-state index is 12.5. The SMILES string of the molecule is CCCCOCCNC(=NC)NC1CCN(S(=O)(=O)C(F)(F)F)CC1. The molecule has 1 aliphatic rings. The van der Waals surface area contributed by atoms with Crippen LogP contribution in [0.3, 0.4) is 0 Å². The van der Waals surface area contributed by atoms with E-state index >= 15 is 0 Å². The highest BCUT2D eigenvalue weighted by Gasteiger charge is 2.50. The summed E-state index contributed by atoms with van der Waals surface area (Å²) >= 11 is 0. The molecular formula is C14H27F3N4O3S. The number of nitrogens with one attached hydrogen (secondary N) is 2. The van der Waals surface area contributed by atoms with E-state index < -0.39 is 15.5 Å². The number of aliphatic imine (C=N–C) groups is 1. The van der Waals surface area contributed by atoms with E-state index in [4.69, 9.17) is 4.74 Å². The van der Waals surface area contributed by atoms with Crippen molar-refractivity contribution in [2.24, 2.45) is 4.99 Å². The molecule has 1 aliphatic heterocycles. The van der Waals surface area contributed by atoms with Gasteiger partial charge in [-0.3, -0.25) is 4.99 Å². The second-order valence-electron chi connectivity index (χ2n) is 5.73. The molecule has 0 radical (unpaired) electrons. The predicted molar refractivity (Wildman–Crippen MR) is 89.8 cm³/mol. The molecule has 1 fully saturated rings. The first-order chi connectivity index (χ1) is 11.7. The fourth-order valence-corrected chi connectivity index (χ4v) is 3.35. The minimum absolute atomic E-state index is 0.133. The largest absolute Gasteiger partial charge is 0.511 e. The molecule has 0 aromatic carbocycles.